The van der Waals surface area contributed by atoms with Crippen molar-refractivity contribution < 1.29 is 22.0 Å². The fraction of sp³-hybridized carbons (Fsp3) is 0.222. The third-order valence-corrected chi connectivity index (χ3v) is 2.22. The highest BCUT2D eigenvalue weighted by Crippen LogP contribution is 2.33. The predicted octanol–water partition coefficient (Wildman–Crippen LogP) is 2.98. The zero-order chi connectivity index (χ0) is 12.5. The molecule has 0 aliphatic rings. The maximum atomic E-state index is 13.2. The maximum absolute atomic E-state index is 13.2. The number of nitrogens with two attached hydrogens (primary N) is 1. The second-order valence-electron chi connectivity index (χ2n) is 2.99. The van der Waals surface area contributed by atoms with E-state index in [1.807, 2.05) is 0 Å². The lowest BCUT2D eigenvalue weighted by Crippen LogP contribution is -2.16. The number of alkyl halides is 3. The van der Waals surface area contributed by atoms with Gasteiger partial charge in [0, 0.05) is 10.9 Å². The summed E-state index contributed by atoms with van der Waals surface area (Å²) in [6, 6.07) is 0.0907. The summed E-state index contributed by atoms with van der Waals surface area (Å²) < 4.78 is 62.8. The molecule has 0 amide bonds. The molecule has 0 aliphatic carbocycles. The van der Waals surface area contributed by atoms with Crippen LogP contribution in [0.5, 0.6) is 0 Å². The van der Waals surface area contributed by atoms with Crippen molar-refractivity contribution in [2.45, 2.75) is 12.2 Å². The van der Waals surface area contributed by atoms with Crippen LogP contribution < -0.4 is 5.73 Å². The first-order chi connectivity index (χ1) is 7.29. The van der Waals surface area contributed by atoms with Crippen LogP contribution in [0.4, 0.5) is 22.0 Å². The lowest BCUT2D eigenvalue weighted by molar-refractivity contribution is -0.140. The molecule has 1 unspecified atom stereocenters. The zero-order valence-electron chi connectivity index (χ0n) is 7.68. The molecular formula is C9H6F5NS. The molecule has 0 fully saturated rings. The summed E-state index contributed by atoms with van der Waals surface area (Å²) in [7, 11) is 0. The average molecular weight is 255 g/mol. The second kappa shape index (κ2) is 4.42. The van der Waals surface area contributed by atoms with E-state index in [1.165, 1.54) is 0 Å². The number of rotatable bonds is 2. The summed E-state index contributed by atoms with van der Waals surface area (Å²) in [4.78, 5) is 0. The van der Waals surface area contributed by atoms with Crippen molar-refractivity contribution in [3.05, 3.63) is 34.9 Å². The first-order valence-electron chi connectivity index (χ1n) is 4.05. The molecule has 0 heterocycles. The molecule has 1 aromatic carbocycles. The molecule has 1 atom stereocenters. The Morgan fingerprint density at radius 3 is 2.19 bits per heavy atom. The third kappa shape index (κ3) is 2.35. The molecule has 0 spiro atoms. The van der Waals surface area contributed by atoms with Gasteiger partial charge < -0.3 is 5.73 Å². The highest BCUT2D eigenvalue weighted by Gasteiger charge is 2.36. The van der Waals surface area contributed by atoms with E-state index in [9.17, 15) is 22.0 Å². The minimum atomic E-state index is -4.94. The molecular weight excluding hydrogens is 249 g/mol. The van der Waals surface area contributed by atoms with Gasteiger partial charge in [0.15, 0.2) is 11.6 Å². The van der Waals surface area contributed by atoms with Gasteiger partial charge in [0.1, 0.15) is 0 Å². The van der Waals surface area contributed by atoms with Crippen LogP contribution in [0.15, 0.2) is 12.1 Å². The highest BCUT2D eigenvalue weighted by molar-refractivity contribution is 7.79. The Labute approximate surface area is 93.1 Å². The van der Waals surface area contributed by atoms with E-state index in [0.717, 1.165) is 11.4 Å². The van der Waals surface area contributed by atoms with Crippen LogP contribution in [-0.2, 0) is 6.18 Å². The Bertz CT molecular complexity index is 415. The van der Waals surface area contributed by atoms with Crippen molar-refractivity contribution in [3.63, 3.8) is 0 Å². The number of halogens is 5. The largest absolute Gasteiger partial charge is 0.419 e. The number of thiocarbonyl (C=S) groups is 1. The van der Waals surface area contributed by atoms with Crippen molar-refractivity contribution in [3.8, 4) is 0 Å². The summed E-state index contributed by atoms with van der Waals surface area (Å²) in [6.07, 6.45) is -4.94. The minimum absolute atomic E-state index is 0.402. The van der Waals surface area contributed by atoms with Gasteiger partial charge in [-0.05, 0) is 6.07 Å². The fourth-order valence-corrected chi connectivity index (χ4v) is 1.26. The van der Waals surface area contributed by atoms with Crippen molar-refractivity contribution in [1.29, 1.82) is 0 Å². The normalized spacial score (nSPS) is 13.6. The first-order valence-corrected chi connectivity index (χ1v) is 4.52. The van der Waals surface area contributed by atoms with Crippen molar-refractivity contribution in [2.75, 3.05) is 0 Å². The van der Waals surface area contributed by atoms with E-state index in [2.05, 4.69) is 12.2 Å². The number of benzene rings is 1. The van der Waals surface area contributed by atoms with Crippen LogP contribution in [0.1, 0.15) is 17.2 Å². The van der Waals surface area contributed by atoms with Gasteiger partial charge in [0.25, 0.3) is 0 Å². The lowest BCUT2D eigenvalue weighted by atomic mass is 10.0. The summed E-state index contributed by atoms with van der Waals surface area (Å²) >= 11 is 4.40. The average Bonchev–Trinajstić information content (AvgIpc) is 2.19. The van der Waals surface area contributed by atoms with Crippen LogP contribution in [0.25, 0.3) is 0 Å². The molecule has 88 valence electrons. The van der Waals surface area contributed by atoms with Gasteiger partial charge >= 0.3 is 6.18 Å². The zero-order valence-corrected chi connectivity index (χ0v) is 8.50. The SMILES string of the molecule is NC(C=S)c1ccc(C(F)(F)F)c(F)c1F. The maximum Gasteiger partial charge on any atom is 0.419 e. The summed E-state index contributed by atoms with van der Waals surface area (Å²) in [5.74, 6) is -3.58. The van der Waals surface area contributed by atoms with Gasteiger partial charge in [0.05, 0.1) is 11.6 Å². The third-order valence-electron chi connectivity index (χ3n) is 1.92. The van der Waals surface area contributed by atoms with E-state index in [1.54, 1.807) is 0 Å². The molecule has 1 nitrogen and oxygen atoms in total. The van der Waals surface area contributed by atoms with Crippen LogP contribution in [-0.4, -0.2) is 5.37 Å². The number of hydrogen-bond acceptors (Lipinski definition) is 2. The van der Waals surface area contributed by atoms with Gasteiger partial charge in [-0.3, -0.25) is 0 Å². The van der Waals surface area contributed by atoms with Gasteiger partial charge in [-0.1, -0.05) is 18.3 Å². The van der Waals surface area contributed by atoms with Crippen molar-refractivity contribution in [1.82, 2.24) is 0 Å². The Kier molecular flexibility index (Phi) is 3.59. The topological polar surface area (TPSA) is 26.0 Å². The standard InChI is InChI=1S/C9H6F5NS/c10-7-4(6(15)3-16)1-2-5(8(7)11)9(12,13)14/h1-3,6H,15H2. The second-order valence-corrected chi connectivity index (χ2v) is 3.26. The lowest BCUT2D eigenvalue weighted by Gasteiger charge is -2.12. The van der Waals surface area contributed by atoms with E-state index in [-0.39, 0.29) is 0 Å². The highest BCUT2D eigenvalue weighted by atomic mass is 32.1. The first kappa shape index (κ1) is 13.0. The monoisotopic (exact) mass is 255 g/mol. The van der Waals surface area contributed by atoms with Crippen LogP contribution in [0.2, 0.25) is 0 Å². The molecule has 7 heteroatoms. The molecule has 0 aromatic heterocycles. The Morgan fingerprint density at radius 1 is 1.19 bits per heavy atom. The molecule has 0 radical (unpaired) electrons. The van der Waals surface area contributed by atoms with Crippen molar-refractivity contribution >= 4 is 17.6 Å². The quantitative estimate of drug-likeness (QED) is 0.649. The van der Waals surface area contributed by atoms with Gasteiger partial charge in [-0.25, -0.2) is 8.78 Å². The van der Waals surface area contributed by atoms with Crippen LogP contribution in [0.3, 0.4) is 0 Å². The van der Waals surface area contributed by atoms with Gasteiger partial charge in [0.2, 0.25) is 0 Å². The Morgan fingerprint density at radius 2 is 1.75 bits per heavy atom. The molecule has 1 aromatic rings. The molecule has 16 heavy (non-hydrogen) atoms. The molecule has 0 saturated carbocycles. The van der Waals surface area contributed by atoms with Crippen LogP contribution >= 0.6 is 12.2 Å². The summed E-state index contributed by atoms with van der Waals surface area (Å²) in [5.41, 5.74) is 3.21. The van der Waals surface area contributed by atoms with Crippen molar-refractivity contribution in [2.24, 2.45) is 5.73 Å². The van der Waals surface area contributed by atoms with E-state index >= 15 is 0 Å². The van der Waals surface area contributed by atoms with E-state index in [4.69, 9.17) is 5.73 Å². The molecule has 0 saturated heterocycles. The van der Waals surface area contributed by atoms with E-state index < -0.39 is 35.0 Å². The Hall–Kier alpha value is -1.08. The molecule has 2 N–H and O–H groups in total. The molecule has 1 rings (SSSR count). The number of hydrogen-bond donors (Lipinski definition) is 1. The summed E-state index contributed by atoms with van der Waals surface area (Å²) in [5, 5.41) is 0.936. The fourth-order valence-electron chi connectivity index (χ4n) is 1.11. The van der Waals surface area contributed by atoms with Gasteiger partial charge in [-0.2, -0.15) is 13.2 Å². The molecule has 0 bridgehead atoms. The minimum Gasteiger partial charge on any atom is -0.320 e. The van der Waals surface area contributed by atoms with E-state index in [0.29, 0.717) is 6.07 Å². The summed E-state index contributed by atoms with van der Waals surface area (Å²) in [6.45, 7) is 0. The van der Waals surface area contributed by atoms with Gasteiger partial charge in [-0.15, -0.1) is 0 Å². The Balaban J connectivity index is 3.34. The molecule has 0 aliphatic heterocycles. The smallest absolute Gasteiger partial charge is 0.320 e. The predicted molar refractivity (Wildman–Crippen MR) is 51.9 cm³/mol. The van der Waals surface area contributed by atoms with Crippen LogP contribution in [0, 0.1) is 11.6 Å².